The zero-order chi connectivity index (χ0) is 21.4. The zero-order valence-electron chi connectivity index (χ0n) is 16.4. The highest BCUT2D eigenvalue weighted by atomic mass is 35.5. The first-order valence-corrected chi connectivity index (χ1v) is 9.79. The summed E-state index contributed by atoms with van der Waals surface area (Å²) in [6.45, 7) is 3.29. The quantitative estimate of drug-likeness (QED) is 0.641. The van der Waals surface area contributed by atoms with Crippen molar-refractivity contribution in [2.75, 3.05) is 16.8 Å². The number of aryl methyl sites for hydroxylation is 1. The Balaban J connectivity index is 1.61. The molecular weight excluding hydrogens is 408 g/mol. The van der Waals surface area contributed by atoms with Crippen LogP contribution in [0.5, 0.6) is 5.75 Å². The van der Waals surface area contributed by atoms with Crippen molar-refractivity contribution < 1.29 is 18.7 Å². The van der Waals surface area contributed by atoms with Crippen molar-refractivity contribution in [2.24, 2.45) is 0 Å². The number of hydrogen-bond donors (Lipinski definition) is 1. The molecule has 1 aromatic heterocycles. The van der Waals surface area contributed by atoms with Gasteiger partial charge >= 0.3 is 5.63 Å². The third-order valence-corrected chi connectivity index (χ3v) is 5.28. The van der Waals surface area contributed by atoms with E-state index in [1.165, 1.54) is 12.1 Å². The van der Waals surface area contributed by atoms with Crippen LogP contribution in [0.2, 0.25) is 5.02 Å². The lowest BCUT2D eigenvalue weighted by Gasteiger charge is -2.27. The minimum atomic E-state index is -0.475. The Hall–Kier alpha value is -3.32. The van der Waals surface area contributed by atoms with Crippen LogP contribution in [0.4, 0.5) is 11.4 Å². The molecule has 0 aliphatic carbocycles. The average Bonchev–Trinajstić information content (AvgIpc) is 2.81. The number of carbonyl (C=O) groups is 2. The van der Waals surface area contributed by atoms with Crippen LogP contribution < -0.4 is 20.6 Å². The van der Waals surface area contributed by atoms with Crippen molar-refractivity contribution in [3.8, 4) is 5.75 Å². The van der Waals surface area contributed by atoms with E-state index in [1.807, 2.05) is 0 Å². The molecule has 3 aromatic rings. The summed E-state index contributed by atoms with van der Waals surface area (Å²) in [5.74, 6) is -0.251. The van der Waals surface area contributed by atoms with Crippen molar-refractivity contribution in [3.05, 3.63) is 63.5 Å². The summed E-state index contributed by atoms with van der Waals surface area (Å²) in [6, 6.07) is 11.3. The van der Waals surface area contributed by atoms with Gasteiger partial charge in [-0.25, -0.2) is 4.79 Å². The van der Waals surface area contributed by atoms with E-state index in [-0.39, 0.29) is 36.6 Å². The maximum atomic E-state index is 13.0. The van der Waals surface area contributed by atoms with E-state index in [4.69, 9.17) is 20.8 Å². The first-order valence-electron chi connectivity index (χ1n) is 9.41. The molecule has 30 heavy (non-hydrogen) atoms. The highest BCUT2D eigenvalue weighted by Crippen LogP contribution is 2.33. The molecule has 0 saturated carbocycles. The molecule has 0 spiro atoms. The van der Waals surface area contributed by atoms with Gasteiger partial charge in [0, 0.05) is 30.0 Å². The minimum absolute atomic E-state index is 0.158. The number of fused-ring (bicyclic) bond motifs is 2. The third-order valence-electron chi connectivity index (χ3n) is 4.98. The van der Waals surface area contributed by atoms with E-state index in [2.05, 4.69) is 5.32 Å². The Labute approximate surface area is 177 Å². The Morgan fingerprint density at radius 2 is 2.03 bits per heavy atom. The van der Waals surface area contributed by atoms with E-state index in [1.54, 1.807) is 49.1 Å². The van der Waals surface area contributed by atoms with Gasteiger partial charge in [-0.15, -0.1) is 0 Å². The van der Waals surface area contributed by atoms with Crippen LogP contribution >= 0.6 is 11.6 Å². The second-order valence-corrected chi connectivity index (χ2v) is 7.61. The fraction of sp³-hybridized carbons (Fsp3) is 0.227. The van der Waals surface area contributed by atoms with Crippen LogP contribution in [-0.2, 0) is 9.59 Å². The topological polar surface area (TPSA) is 88.8 Å². The van der Waals surface area contributed by atoms with Crippen molar-refractivity contribution in [3.63, 3.8) is 0 Å². The van der Waals surface area contributed by atoms with E-state index < -0.39 is 5.63 Å². The van der Waals surface area contributed by atoms with Crippen LogP contribution in [0.1, 0.15) is 18.9 Å². The smallest absolute Gasteiger partial charge is 0.336 e. The summed E-state index contributed by atoms with van der Waals surface area (Å²) in [4.78, 5) is 38.3. The van der Waals surface area contributed by atoms with E-state index >= 15 is 0 Å². The minimum Gasteiger partial charge on any atom is -0.482 e. The standard InChI is InChI=1S/C22H19ClN2O5/c1-12-7-22(28)30-18-10-19(15(23)9-14(12)18)29-11-21(27)25-13(2)8-20(26)24-16-5-3-4-6-17(16)25/h3-7,9-10,13H,8,11H2,1-2H3,(H,24,26). The summed E-state index contributed by atoms with van der Waals surface area (Å²) >= 11 is 6.31. The number of hydrogen-bond acceptors (Lipinski definition) is 5. The van der Waals surface area contributed by atoms with Gasteiger partial charge < -0.3 is 19.4 Å². The highest BCUT2D eigenvalue weighted by Gasteiger charge is 2.29. The summed E-state index contributed by atoms with van der Waals surface area (Å²) in [6.07, 6.45) is 0.168. The summed E-state index contributed by atoms with van der Waals surface area (Å²) in [7, 11) is 0. The van der Waals surface area contributed by atoms with Crippen molar-refractivity contribution in [1.82, 2.24) is 0 Å². The molecule has 0 saturated heterocycles. The lowest BCUT2D eigenvalue weighted by Crippen LogP contribution is -2.41. The fourth-order valence-electron chi connectivity index (χ4n) is 3.61. The first-order chi connectivity index (χ1) is 14.3. The van der Waals surface area contributed by atoms with Crippen LogP contribution in [0.15, 0.2) is 51.7 Å². The molecule has 154 valence electrons. The number of halogens is 1. The molecule has 0 bridgehead atoms. The van der Waals surface area contributed by atoms with Crippen LogP contribution in [0.3, 0.4) is 0 Å². The Kier molecular flexibility index (Phi) is 5.22. The number of carbonyl (C=O) groups excluding carboxylic acids is 2. The summed E-state index contributed by atoms with van der Waals surface area (Å²) in [5, 5.41) is 3.81. The number of para-hydroxylation sites is 2. The molecule has 1 N–H and O–H groups in total. The lowest BCUT2D eigenvalue weighted by atomic mass is 10.1. The number of anilines is 2. The molecule has 1 aliphatic rings. The van der Waals surface area contributed by atoms with Gasteiger partial charge in [0.15, 0.2) is 6.61 Å². The van der Waals surface area contributed by atoms with Gasteiger partial charge in [0.1, 0.15) is 11.3 Å². The molecule has 1 aliphatic heterocycles. The molecule has 4 rings (SSSR count). The number of nitrogens with one attached hydrogen (secondary N) is 1. The van der Waals surface area contributed by atoms with Crippen molar-refractivity contribution >= 4 is 45.8 Å². The SMILES string of the molecule is Cc1cc(=O)oc2cc(OCC(=O)N3c4ccccc4NC(=O)CC3C)c(Cl)cc12. The largest absolute Gasteiger partial charge is 0.482 e. The van der Waals surface area contributed by atoms with Gasteiger partial charge in [-0.05, 0) is 37.6 Å². The molecule has 0 fully saturated rings. The normalized spacial score (nSPS) is 16.0. The monoisotopic (exact) mass is 426 g/mol. The molecule has 8 heteroatoms. The molecule has 7 nitrogen and oxygen atoms in total. The van der Waals surface area contributed by atoms with Gasteiger partial charge in [-0.3, -0.25) is 9.59 Å². The lowest BCUT2D eigenvalue weighted by molar-refractivity contribution is -0.121. The summed E-state index contributed by atoms with van der Waals surface area (Å²) in [5.41, 5.74) is 1.77. The molecule has 2 amide bonds. The number of ether oxygens (including phenoxy) is 1. The Bertz CT molecular complexity index is 1220. The fourth-order valence-corrected chi connectivity index (χ4v) is 3.83. The molecule has 1 unspecified atom stereocenters. The van der Waals surface area contributed by atoms with Gasteiger partial charge in [-0.2, -0.15) is 0 Å². The maximum absolute atomic E-state index is 13.0. The van der Waals surface area contributed by atoms with E-state index in [9.17, 15) is 14.4 Å². The van der Waals surface area contributed by atoms with Crippen LogP contribution in [0.25, 0.3) is 11.0 Å². The van der Waals surface area contributed by atoms with Crippen molar-refractivity contribution in [1.29, 1.82) is 0 Å². The number of rotatable bonds is 3. The Morgan fingerprint density at radius 3 is 2.83 bits per heavy atom. The molecule has 0 radical (unpaired) electrons. The van der Waals surface area contributed by atoms with Gasteiger partial charge in [0.05, 0.1) is 16.4 Å². The number of amides is 2. The van der Waals surface area contributed by atoms with Gasteiger partial charge in [-0.1, -0.05) is 23.7 Å². The van der Waals surface area contributed by atoms with Crippen LogP contribution in [-0.4, -0.2) is 24.5 Å². The number of nitrogens with zero attached hydrogens (tertiary/aromatic N) is 1. The molecule has 1 atom stereocenters. The predicted molar refractivity (Wildman–Crippen MR) is 114 cm³/mol. The van der Waals surface area contributed by atoms with Gasteiger partial charge in [0.25, 0.3) is 5.91 Å². The first kappa shape index (κ1) is 20.0. The van der Waals surface area contributed by atoms with Crippen LogP contribution in [0, 0.1) is 6.92 Å². The zero-order valence-corrected chi connectivity index (χ0v) is 17.2. The average molecular weight is 427 g/mol. The van der Waals surface area contributed by atoms with Gasteiger partial charge in [0.2, 0.25) is 5.91 Å². The second-order valence-electron chi connectivity index (χ2n) is 7.20. The maximum Gasteiger partial charge on any atom is 0.336 e. The second kappa shape index (κ2) is 7.84. The number of benzene rings is 2. The Morgan fingerprint density at radius 1 is 1.27 bits per heavy atom. The summed E-state index contributed by atoms with van der Waals surface area (Å²) < 4.78 is 10.9. The van der Waals surface area contributed by atoms with E-state index in [0.717, 1.165) is 5.56 Å². The van der Waals surface area contributed by atoms with Crippen molar-refractivity contribution in [2.45, 2.75) is 26.3 Å². The molecule has 2 heterocycles. The third kappa shape index (κ3) is 3.76. The van der Waals surface area contributed by atoms with E-state index in [0.29, 0.717) is 27.4 Å². The highest BCUT2D eigenvalue weighted by molar-refractivity contribution is 6.32. The predicted octanol–water partition coefficient (Wildman–Crippen LogP) is 3.90. The molecular formula is C22H19ClN2O5. The molecule has 2 aromatic carbocycles.